The maximum Gasteiger partial charge on any atom is 0.362 e. The molecule has 0 spiro atoms. The number of hydrogen-bond donors (Lipinski definition) is 1. The highest BCUT2D eigenvalue weighted by Crippen LogP contribution is 2.18. The summed E-state index contributed by atoms with van der Waals surface area (Å²) in [5, 5.41) is 10.2. The number of aromatic nitrogens is 3. The summed E-state index contributed by atoms with van der Waals surface area (Å²) < 4.78 is 17.0. The number of carbonyl (C=O) groups excluding carboxylic acids is 2. The minimum Gasteiger partial charge on any atom is -0.481 e. The Labute approximate surface area is 178 Å². The maximum atomic E-state index is 12.6. The van der Waals surface area contributed by atoms with E-state index in [2.05, 4.69) is 31.5 Å². The van der Waals surface area contributed by atoms with E-state index in [1.54, 1.807) is 38.1 Å². The lowest BCUT2D eigenvalue weighted by Gasteiger charge is -2.12. The first-order valence-corrected chi connectivity index (χ1v) is 9.60. The molecule has 3 aromatic rings. The summed E-state index contributed by atoms with van der Waals surface area (Å²) in [6.07, 6.45) is 0. The summed E-state index contributed by atoms with van der Waals surface area (Å²) in [4.78, 5) is 37.0. The molecule has 3 rings (SSSR count). The third kappa shape index (κ3) is 5.11. The van der Waals surface area contributed by atoms with Crippen molar-refractivity contribution in [3.63, 3.8) is 0 Å². The Morgan fingerprint density at radius 3 is 2.73 bits per heavy atom. The van der Waals surface area contributed by atoms with Gasteiger partial charge in [-0.15, -0.1) is 0 Å². The quantitative estimate of drug-likeness (QED) is 0.515. The van der Waals surface area contributed by atoms with Crippen molar-refractivity contribution >= 4 is 33.6 Å². The van der Waals surface area contributed by atoms with E-state index < -0.39 is 24.0 Å². The van der Waals surface area contributed by atoms with E-state index >= 15 is 0 Å². The summed E-state index contributed by atoms with van der Waals surface area (Å²) in [6, 6.07) is 9.43. The molecule has 0 unspecified atom stereocenters. The number of carbonyl (C=O) groups is 2. The second-order valence-electron chi connectivity index (χ2n) is 5.97. The normalized spacial score (nSPS) is 10.5. The van der Waals surface area contributed by atoms with Crippen LogP contribution in [0.3, 0.4) is 0 Å². The van der Waals surface area contributed by atoms with E-state index in [0.29, 0.717) is 11.4 Å². The first-order chi connectivity index (χ1) is 14.4. The molecule has 0 radical (unpaired) electrons. The summed E-state index contributed by atoms with van der Waals surface area (Å²) in [5.74, 6) is -0.777. The van der Waals surface area contributed by atoms with E-state index in [0.717, 1.165) is 15.2 Å². The molecule has 0 saturated carbocycles. The van der Waals surface area contributed by atoms with Gasteiger partial charge in [0.25, 0.3) is 11.5 Å². The molecule has 0 fully saturated rings. The van der Waals surface area contributed by atoms with E-state index in [1.807, 2.05) is 0 Å². The summed E-state index contributed by atoms with van der Waals surface area (Å²) in [7, 11) is 0. The number of rotatable bonds is 7. The molecule has 0 aliphatic carbocycles. The third-order valence-corrected chi connectivity index (χ3v) is 4.17. The van der Waals surface area contributed by atoms with Crippen LogP contribution in [0.4, 0.5) is 5.82 Å². The number of hydrogen-bond acceptors (Lipinski definition) is 8. The van der Waals surface area contributed by atoms with E-state index in [-0.39, 0.29) is 23.9 Å². The summed E-state index contributed by atoms with van der Waals surface area (Å²) >= 11 is 3.32. The fraction of sp³-hybridized carbons (Fsp3) is 0.211. The van der Waals surface area contributed by atoms with Crippen molar-refractivity contribution in [2.24, 2.45) is 0 Å². The Morgan fingerprint density at radius 1 is 1.27 bits per heavy atom. The van der Waals surface area contributed by atoms with Crippen LogP contribution in [0.15, 0.2) is 50.2 Å². The van der Waals surface area contributed by atoms with Crippen LogP contribution >= 0.6 is 15.9 Å². The van der Waals surface area contributed by atoms with Gasteiger partial charge in [-0.3, -0.25) is 9.59 Å². The third-order valence-electron chi connectivity index (χ3n) is 3.67. The Balaban J connectivity index is 1.87. The number of anilines is 1. The van der Waals surface area contributed by atoms with Gasteiger partial charge in [0.2, 0.25) is 5.69 Å². The van der Waals surface area contributed by atoms with Crippen molar-refractivity contribution in [3.05, 3.63) is 62.7 Å². The van der Waals surface area contributed by atoms with Crippen LogP contribution in [0, 0.1) is 6.92 Å². The van der Waals surface area contributed by atoms with Gasteiger partial charge in [0.15, 0.2) is 18.2 Å². The first kappa shape index (κ1) is 21.2. The molecule has 2 heterocycles. The van der Waals surface area contributed by atoms with Crippen LogP contribution in [0.25, 0.3) is 5.69 Å². The zero-order valence-corrected chi connectivity index (χ0v) is 17.6. The zero-order chi connectivity index (χ0) is 21.7. The molecule has 30 heavy (non-hydrogen) atoms. The summed E-state index contributed by atoms with van der Waals surface area (Å²) in [5.41, 5.74) is -0.351. The standard InChI is InChI=1S/C19H17BrN4O6/c1-3-28-19(27)18-14(29-10-16(25)21-15-7-11(2)30-23-15)9-17(26)24(22-18)13-6-4-5-12(20)8-13/h4-9H,3,10H2,1-2H3,(H,21,23,25). The fourth-order valence-electron chi connectivity index (χ4n) is 2.43. The van der Waals surface area contributed by atoms with Crippen LogP contribution in [0.5, 0.6) is 5.75 Å². The van der Waals surface area contributed by atoms with E-state index in [4.69, 9.17) is 14.0 Å². The minimum absolute atomic E-state index is 0.0992. The van der Waals surface area contributed by atoms with Crippen molar-refractivity contribution in [3.8, 4) is 11.4 Å². The van der Waals surface area contributed by atoms with Gasteiger partial charge in [-0.1, -0.05) is 27.2 Å². The van der Waals surface area contributed by atoms with Crippen molar-refractivity contribution in [2.75, 3.05) is 18.5 Å². The number of nitrogens with one attached hydrogen (secondary N) is 1. The van der Waals surface area contributed by atoms with Gasteiger partial charge in [-0.25, -0.2) is 4.79 Å². The SMILES string of the molecule is CCOC(=O)c1nn(-c2cccc(Br)c2)c(=O)cc1OCC(=O)Nc1cc(C)on1. The average Bonchev–Trinajstić information content (AvgIpc) is 3.11. The Hall–Kier alpha value is -3.47. The maximum absolute atomic E-state index is 12.6. The van der Waals surface area contributed by atoms with Gasteiger partial charge >= 0.3 is 5.97 Å². The van der Waals surface area contributed by atoms with Crippen LogP contribution in [0.2, 0.25) is 0 Å². The number of benzene rings is 1. The first-order valence-electron chi connectivity index (χ1n) is 8.80. The number of nitrogens with zero attached hydrogens (tertiary/aromatic N) is 3. The highest BCUT2D eigenvalue weighted by atomic mass is 79.9. The van der Waals surface area contributed by atoms with Crippen molar-refractivity contribution in [1.29, 1.82) is 0 Å². The fourth-order valence-corrected chi connectivity index (χ4v) is 2.82. The average molecular weight is 477 g/mol. The lowest BCUT2D eigenvalue weighted by atomic mass is 10.3. The Kier molecular flexibility index (Phi) is 6.62. The van der Waals surface area contributed by atoms with E-state index in [1.165, 1.54) is 6.07 Å². The number of halogens is 1. The second kappa shape index (κ2) is 9.35. The number of esters is 1. The molecule has 0 aliphatic rings. The van der Waals surface area contributed by atoms with Crippen LogP contribution in [-0.2, 0) is 9.53 Å². The predicted octanol–water partition coefficient (Wildman–Crippen LogP) is 2.49. The zero-order valence-electron chi connectivity index (χ0n) is 16.0. The second-order valence-corrected chi connectivity index (χ2v) is 6.88. The van der Waals surface area contributed by atoms with Gasteiger partial charge in [0.1, 0.15) is 5.76 Å². The largest absolute Gasteiger partial charge is 0.481 e. The molecule has 10 nitrogen and oxygen atoms in total. The molecule has 0 saturated heterocycles. The number of aryl methyl sites for hydroxylation is 1. The van der Waals surface area contributed by atoms with Crippen LogP contribution in [0.1, 0.15) is 23.2 Å². The summed E-state index contributed by atoms with van der Waals surface area (Å²) in [6.45, 7) is 2.93. The lowest BCUT2D eigenvalue weighted by Crippen LogP contribution is -2.27. The Morgan fingerprint density at radius 2 is 2.07 bits per heavy atom. The van der Waals surface area contributed by atoms with Gasteiger partial charge in [-0.05, 0) is 32.0 Å². The van der Waals surface area contributed by atoms with E-state index in [9.17, 15) is 14.4 Å². The molecular weight excluding hydrogens is 460 g/mol. The molecule has 0 aliphatic heterocycles. The molecule has 11 heteroatoms. The molecule has 1 N–H and O–H groups in total. The highest BCUT2D eigenvalue weighted by molar-refractivity contribution is 9.10. The van der Waals surface area contributed by atoms with Crippen LogP contribution < -0.4 is 15.6 Å². The van der Waals surface area contributed by atoms with Crippen molar-refractivity contribution < 1.29 is 23.6 Å². The Bertz CT molecular complexity index is 1140. The molecule has 2 aromatic heterocycles. The van der Waals surface area contributed by atoms with Crippen LogP contribution in [-0.4, -0.2) is 40.0 Å². The minimum atomic E-state index is -0.788. The molecule has 156 valence electrons. The monoisotopic (exact) mass is 476 g/mol. The van der Waals surface area contributed by atoms with Crippen molar-refractivity contribution in [2.45, 2.75) is 13.8 Å². The number of ether oxygens (including phenoxy) is 2. The number of amides is 1. The molecular formula is C19H17BrN4O6. The predicted molar refractivity (Wildman–Crippen MR) is 109 cm³/mol. The molecule has 1 aromatic carbocycles. The van der Waals surface area contributed by atoms with Gasteiger partial charge in [-0.2, -0.15) is 9.78 Å². The van der Waals surface area contributed by atoms with Crippen molar-refractivity contribution in [1.82, 2.24) is 14.9 Å². The van der Waals surface area contributed by atoms with Gasteiger partial charge < -0.3 is 19.3 Å². The lowest BCUT2D eigenvalue weighted by molar-refractivity contribution is -0.118. The van der Waals surface area contributed by atoms with Gasteiger partial charge in [0.05, 0.1) is 18.4 Å². The molecule has 1 amide bonds. The molecule has 0 bridgehead atoms. The highest BCUT2D eigenvalue weighted by Gasteiger charge is 2.21. The topological polar surface area (TPSA) is 126 Å². The van der Waals surface area contributed by atoms with Gasteiger partial charge in [0, 0.05) is 10.5 Å². The smallest absolute Gasteiger partial charge is 0.362 e. The molecule has 0 atom stereocenters.